The van der Waals surface area contributed by atoms with Gasteiger partial charge in [-0.2, -0.15) is 13.2 Å². The molecule has 1 atom stereocenters. The first-order valence-electron chi connectivity index (χ1n) is 4.53. The number of cyclic esters (lactones) is 1. The lowest BCUT2D eigenvalue weighted by atomic mass is 10.0. The van der Waals surface area contributed by atoms with E-state index in [0.717, 1.165) is 0 Å². The van der Waals surface area contributed by atoms with E-state index < -0.39 is 23.8 Å². The predicted octanol–water partition coefficient (Wildman–Crippen LogP) is 2.77. The highest BCUT2D eigenvalue weighted by atomic mass is 19.4. The summed E-state index contributed by atoms with van der Waals surface area (Å²) < 4.78 is 42.3. The van der Waals surface area contributed by atoms with E-state index >= 15 is 0 Å². The molecule has 0 spiro atoms. The van der Waals surface area contributed by atoms with Crippen LogP contribution in [0.2, 0.25) is 0 Å². The van der Waals surface area contributed by atoms with Gasteiger partial charge in [-0.25, -0.2) is 4.79 Å². The predicted molar refractivity (Wildman–Crippen MR) is 49.4 cm³/mol. The molecule has 84 valence electrons. The van der Waals surface area contributed by atoms with E-state index in [0.29, 0.717) is 11.6 Å². The molecule has 0 radical (unpaired) electrons. The molecule has 0 N–H and O–H groups in total. The van der Waals surface area contributed by atoms with E-state index in [1.54, 1.807) is 18.2 Å². The van der Waals surface area contributed by atoms with Crippen molar-refractivity contribution in [2.75, 3.05) is 0 Å². The van der Waals surface area contributed by atoms with E-state index in [4.69, 9.17) is 0 Å². The van der Waals surface area contributed by atoms with Crippen molar-refractivity contribution in [1.82, 2.24) is 0 Å². The van der Waals surface area contributed by atoms with Gasteiger partial charge in [0.2, 0.25) is 0 Å². The average Bonchev–Trinajstić information content (AvgIpc) is 2.61. The van der Waals surface area contributed by atoms with E-state index in [1.807, 2.05) is 0 Å². The fraction of sp³-hybridized carbons (Fsp3) is 0.182. The highest BCUT2D eigenvalue weighted by Gasteiger charge is 2.45. The van der Waals surface area contributed by atoms with Gasteiger partial charge in [0, 0.05) is 6.08 Å². The fourth-order valence-electron chi connectivity index (χ4n) is 1.52. The normalized spacial score (nSPS) is 20.6. The van der Waals surface area contributed by atoms with Gasteiger partial charge in [0.25, 0.3) is 0 Å². The summed E-state index contributed by atoms with van der Waals surface area (Å²) in [5, 5.41) is 0. The van der Waals surface area contributed by atoms with Crippen molar-refractivity contribution in [3.63, 3.8) is 0 Å². The molecule has 0 aromatic heterocycles. The smallest absolute Gasteiger partial charge is 0.416 e. The Balaban J connectivity index is 2.37. The SMILES string of the molecule is O=C1C=C(C(F)(F)F)C(c2ccccc2)O1. The maximum Gasteiger partial charge on any atom is 0.416 e. The summed E-state index contributed by atoms with van der Waals surface area (Å²) in [5.41, 5.74) is -0.638. The van der Waals surface area contributed by atoms with Crippen LogP contribution in [0.5, 0.6) is 0 Å². The molecule has 1 aromatic rings. The van der Waals surface area contributed by atoms with Crippen LogP contribution in [0.25, 0.3) is 0 Å². The van der Waals surface area contributed by atoms with Crippen LogP contribution in [0.1, 0.15) is 11.7 Å². The highest BCUT2D eigenvalue weighted by molar-refractivity contribution is 5.86. The number of carbonyl (C=O) groups excluding carboxylic acids is 1. The van der Waals surface area contributed by atoms with Crippen molar-refractivity contribution in [1.29, 1.82) is 0 Å². The molecule has 0 bridgehead atoms. The summed E-state index contributed by atoms with van der Waals surface area (Å²) in [4.78, 5) is 10.9. The number of esters is 1. The molecule has 1 unspecified atom stereocenters. The van der Waals surface area contributed by atoms with Crippen molar-refractivity contribution >= 4 is 5.97 Å². The molecule has 0 saturated heterocycles. The number of benzene rings is 1. The van der Waals surface area contributed by atoms with Gasteiger partial charge in [-0.15, -0.1) is 0 Å². The minimum atomic E-state index is -4.55. The number of hydrogen-bond donors (Lipinski definition) is 0. The van der Waals surface area contributed by atoms with E-state index in [9.17, 15) is 18.0 Å². The van der Waals surface area contributed by atoms with Crippen LogP contribution in [0, 0.1) is 0 Å². The summed E-state index contributed by atoms with van der Waals surface area (Å²) in [6, 6.07) is 7.84. The second kappa shape index (κ2) is 3.66. The first kappa shape index (κ1) is 10.7. The number of carbonyl (C=O) groups is 1. The topological polar surface area (TPSA) is 26.3 Å². The second-order valence-electron chi connectivity index (χ2n) is 3.33. The van der Waals surface area contributed by atoms with Gasteiger partial charge < -0.3 is 4.74 Å². The van der Waals surface area contributed by atoms with Gasteiger partial charge in [-0.3, -0.25) is 0 Å². The van der Waals surface area contributed by atoms with Crippen LogP contribution >= 0.6 is 0 Å². The van der Waals surface area contributed by atoms with Crippen molar-refractivity contribution in [2.45, 2.75) is 12.3 Å². The molecule has 2 nitrogen and oxygen atoms in total. The van der Waals surface area contributed by atoms with Gasteiger partial charge >= 0.3 is 12.1 Å². The number of halogens is 3. The Hall–Kier alpha value is -1.78. The molecule has 1 aromatic carbocycles. The zero-order valence-corrected chi connectivity index (χ0v) is 7.99. The Labute approximate surface area is 89.3 Å². The van der Waals surface area contributed by atoms with Crippen LogP contribution in [0.4, 0.5) is 13.2 Å². The van der Waals surface area contributed by atoms with Crippen molar-refractivity contribution < 1.29 is 22.7 Å². The molecule has 2 rings (SSSR count). The van der Waals surface area contributed by atoms with E-state index in [-0.39, 0.29) is 0 Å². The molecule has 16 heavy (non-hydrogen) atoms. The van der Waals surface area contributed by atoms with Gasteiger partial charge in [-0.05, 0) is 5.56 Å². The van der Waals surface area contributed by atoms with Crippen LogP contribution < -0.4 is 0 Å². The maximum atomic E-state index is 12.6. The molecular weight excluding hydrogens is 221 g/mol. The molecule has 0 aliphatic carbocycles. The monoisotopic (exact) mass is 228 g/mol. The molecular formula is C11H7F3O2. The average molecular weight is 228 g/mol. The number of hydrogen-bond acceptors (Lipinski definition) is 2. The van der Waals surface area contributed by atoms with Crippen LogP contribution in [-0.4, -0.2) is 12.1 Å². The quantitative estimate of drug-likeness (QED) is 0.691. The van der Waals surface area contributed by atoms with Crippen LogP contribution in [-0.2, 0) is 9.53 Å². The minimum absolute atomic E-state index is 0.317. The minimum Gasteiger partial charge on any atom is -0.449 e. The molecule has 1 heterocycles. The lowest BCUT2D eigenvalue weighted by molar-refractivity contribution is -0.141. The Morgan fingerprint density at radius 3 is 2.31 bits per heavy atom. The zero-order chi connectivity index (χ0) is 11.8. The third-order valence-corrected chi connectivity index (χ3v) is 2.22. The standard InChI is InChI=1S/C11H7F3O2/c12-11(13,14)8-6-9(15)16-10(8)7-4-2-1-3-5-7/h1-6,10H. The number of ether oxygens (including phenoxy) is 1. The van der Waals surface area contributed by atoms with Crippen molar-refractivity contribution in [2.24, 2.45) is 0 Å². The van der Waals surface area contributed by atoms with Gasteiger partial charge in [-0.1, -0.05) is 30.3 Å². The van der Waals surface area contributed by atoms with Crippen LogP contribution in [0.15, 0.2) is 42.0 Å². The zero-order valence-electron chi connectivity index (χ0n) is 7.99. The summed E-state index contributed by atoms with van der Waals surface area (Å²) >= 11 is 0. The Morgan fingerprint density at radius 1 is 1.12 bits per heavy atom. The molecule has 0 saturated carbocycles. The van der Waals surface area contributed by atoms with E-state index in [2.05, 4.69) is 4.74 Å². The molecule has 0 amide bonds. The Kier molecular flexibility index (Phi) is 2.46. The summed E-state index contributed by atoms with van der Waals surface area (Å²) in [5.74, 6) is -0.957. The molecule has 5 heteroatoms. The fourth-order valence-corrected chi connectivity index (χ4v) is 1.52. The summed E-state index contributed by atoms with van der Waals surface area (Å²) in [6.45, 7) is 0. The Bertz CT molecular complexity index is 434. The number of rotatable bonds is 1. The van der Waals surface area contributed by atoms with Gasteiger partial charge in [0.1, 0.15) is 0 Å². The van der Waals surface area contributed by atoms with Gasteiger partial charge in [0.05, 0.1) is 5.57 Å². The van der Waals surface area contributed by atoms with Crippen LogP contribution in [0.3, 0.4) is 0 Å². The third-order valence-electron chi connectivity index (χ3n) is 2.22. The number of alkyl halides is 3. The molecule has 0 fully saturated rings. The maximum absolute atomic E-state index is 12.6. The molecule has 1 aliphatic heterocycles. The molecule has 1 aliphatic rings. The Morgan fingerprint density at radius 2 is 1.75 bits per heavy atom. The van der Waals surface area contributed by atoms with E-state index in [1.165, 1.54) is 12.1 Å². The van der Waals surface area contributed by atoms with Gasteiger partial charge in [0.15, 0.2) is 6.10 Å². The highest BCUT2D eigenvalue weighted by Crippen LogP contribution is 2.41. The van der Waals surface area contributed by atoms with Crippen molar-refractivity contribution in [3.05, 3.63) is 47.5 Å². The summed E-state index contributed by atoms with van der Waals surface area (Å²) in [6.07, 6.45) is -5.39. The second-order valence-corrected chi connectivity index (χ2v) is 3.33. The summed E-state index contributed by atoms with van der Waals surface area (Å²) in [7, 11) is 0. The first-order valence-corrected chi connectivity index (χ1v) is 4.53. The first-order chi connectivity index (χ1) is 7.48. The lowest BCUT2D eigenvalue weighted by Gasteiger charge is -2.16. The van der Waals surface area contributed by atoms with Crippen molar-refractivity contribution in [3.8, 4) is 0 Å². The lowest BCUT2D eigenvalue weighted by Crippen LogP contribution is -2.16. The third kappa shape index (κ3) is 1.93. The largest absolute Gasteiger partial charge is 0.449 e.